The van der Waals surface area contributed by atoms with Gasteiger partial charge in [0.05, 0.1) is 6.54 Å². The highest BCUT2D eigenvalue weighted by molar-refractivity contribution is 5.77. The molecule has 110 valence electrons. The third kappa shape index (κ3) is 3.69. The van der Waals surface area contributed by atoms with Gasteiger partial charge in [-0.05, 0) is 44.7 Å². The van der Waals surface area contributed by atoms with Crippen molar-refractivity contribution in [2.75, 3.05) is 26.2 Å². The van der Waals surface area contributed by atoms with E-state index < -0.39 is 0 Å². The van der Waals surface area contributed by atoms with E-state index in [1.165, 1.54) is 58.0 Å². The molecule has 1 amide bonds. The number of carbonyl (C=O) groups is 1. The molecule has 2 rings (SSSR count). The van der Waals surface area contributed by atoms with Gasteiger partial charge in [-0.1, -0.05) is 26.2 Å². The molecule has 19 heavy (non-hydrogen) atoms. The number of nitrogens with zero attached hydrogens (tertiary/aromatic N) is 1. The fourth-order valence-electron chi connectivity index (χ4n) is 3.63. The maximum atomic E-state index is 11.5. The smallest absolute Gasteiger partial charge is 0.233 e. The highest BCUT2D eigenvalue weighted by Crippen LogP contribution is 2.35. The molecule has 3 N–H and O–H groups in total. The quantitative estimate of drug-likeness (QED) is 0.811. The molecule has 2 fully saturated rings. The second kappa shape index (κ2) is 6.71. The van der Waals surface area contributed by atoms with E-state index in [1.54, 1.807) is 0 Å². The van der Waals surface area contributed by atoms with E-state index in [1.807, 2.05) is 0 Å². The topological polar surface area (TPSA) is 58.4 Å². The molecule has 1 aliphatic heterocycles. The molecule has 1 saturated carbocycles. The molecular formula is C15H29N3O. The molecular weight excluding hydrogens is 238 g/mol. The largest absolute Gasteiger partial charge is 0.353 e. The second-order valence-electron chi connectivity index (χ2n) is 6.44. The number of nitrogens with two attached hydrogens (primary N) is 1. The van der Waals surface area contributed by atoms with Crippen molar-refractivity contribution in [1.29, 1.82) is 0 Å². The molecule has 0 radical (unpaired) electrons. The van der Waals surface area contributed by atoms with Crippen LogP contribution in [0.25, 0.3) is 0 Å². The summed E-state index contributed by atoms with van der Waals surface area (Å²) in [7, 11) is 0. The van der Waals surface area contributed by atoms with Gasteiger partial charge in [-0.25, -0.2) is 0 Å². The fraction of sp³-hybridized carbons (Fsp3) is 0.933. The Bertz CT molecular complexity index is 292. The summed E-state index contributed by atoms with van der Waals surface area (Å²) < 4.78 is 0. The van der Waals surface area contributed by atoms with Gasteiger partial charge in [0.2, 0.25) is 5.91 Å². The van der Waals surface area contributed by atoms with Crippen molar-refractivity contribution in [2.45, 2.75) is 57.4 Å². The van der Waals surface area contributed by atoms with Crippen molar-refractivity contribution >= 4 is 5.91 Å². The van der Waals surface area contributed by atoms with Gasteiger partial charge in [-0.15, -0.1) is 0 Å². The van der Waals surface area contributed by atoms with Crippen LogP contribution in [0.5, 0.6) is 0 Å². The van der Waals surface area contributed by atoms with E-state index in [4.69, 9.17) is 5.73 Å². The molecule has 0 aromatic carbocycles. The average molecular weight is 267 g/mol. The molecule has 0 spiro atoms. The van der Waals surface area contributed by atoms with E-state index in [-0.39, 0.29) is 18.0 Å². The lowest BCUT2D eigenvalue weighted by atomic mass is 9.78. The summed E-state index contributed by atoms with van der Waals surface area (Å²) in [4.78, 5) is 14.1. The van der Waals surface area contributed by atoms with Crippen LogP contribution in [-0.2, 0) is 4.79 Å². The fourth-order valence-corrected chi connectivity index (χ4v) is 3.63. The van der Waals surface area contributed by atoms with Crippen molar-refractivity contribution in [2.24, 2.45) is 11.7 Å². The molecule has 1 aliphatic carbocycles. The van der Waals surface area contributed by atoms with E-state index in [0.717, 1.165) is 12.5 Å². The summed E-state index contributed by atoms with van der Waals surface area (Å²) in [6.45, 7) is 5.63. The zero-order valence-electron chi connectivity index (χ0n) is 12.3. The van der Waals surface area contributed by atoms with Crippen LogP contribution in [0.3, 0.4) is 0 Å². The highest BCUT2D eigenvalue weighted by atomic mass is 16.1. The number of likely N-dealkylation sites (tertiary alicyclic amines) is 1. The Kier molecular flexibility index (Phi) is 5.22. The molecule has 0 bridgehead atoms. The Morgan fingerprint density at radius 1 is 1.26 bits per heavy atom. The number of rotatable bonds is 4. The Morgan fingerprint density at radius 2 is 1.89 bits per heavy atom. The molecule has 2 aliphatic rings. The van der Waals surface area contributed by atoms with Crippen LogP contribution in [-0.4, -0.2) is 42.5 Å². The van der Waals surface area contributed by atoms with Gasteiger partial charge >= 0.3 is 0 Å². The van der Waals surface area contributed by atoms with Crippen LogP contribution in [0.15, 0.2) is 0 Å². The summed E-state index contributed by atoms with van der Waals surface area (Å²) in [6, 6.07) is 0. The minimum atomic E-state index is -0.0182. The van der Waals surface area contributed by atoms with Crippen molar-refractivity contribution in [3.05, 3.63) is 0 Å². The van der Waals surface area contributed by atoms with Crippen LogP contribution in [0.2, 0.25) is 0 Å². The summed E-state index contributed by atoms with van der Waals surface area (Å²) in [6.07, 6.45) is 8.99. The minimum Gasteiger partial charge on any atom is -0.353 e. The van der Waals surface area contributed by atoms with Crippen molar-refractivity contribution in [3.8, 4) is 0 Å². The van der Waals surface area contributed by atoms with Crippen LogP contribution in [0.1, 0.15) is 51.9 Å². The Hall–Kier alpha value is -0.610. The van der Waals surface area contributed by atoms with Gasteiger partial charge in [-0.3, -0.25) is 9.69 Å². The summed E-state index contributed by atoms with van der Waals surface area (Å²) in [5.74, 6) is 0.839. The van der Waals surface area contributed by atoms with Crippen molar-refractivity contribution in [3.63, 3.8) is 0 Å². The van der Waals surface area contributed by atoms with E-state index in [0.29, 0.717) is 0 Å². The van der Waals surface area contributed by atoms with E-state index >= 15 is 0 Å². The third-order valence-electron chi connectivity index (χ3n) is 5.04. The third-order valence-corrected chi connectivity index (χ3v) is 5.04. The van der Waals surface area contributed by atoms with E-state index in [9.17, 15) is 4.79 Å². The number of carbonyl (C=O) groups excluding carboxylic acids is 1. The van der Waals surface area contributed by atoms with E-state index in [2.05, 4.69) is 17.1 Å². The highest BCUT2D eigenvalue weighted by Gasteiger charge is 2.39. The first kappa shape index (κ1) is 14.8. The Morgan fingerprint density at radius 3 is 2.47 bits per heavy atom. The predicted molar refractivity (Wildman–Crippen MR) is 77.9 cm³/mol. The summed E-state index contributed by atoms with van der Waals surface area (Å²) in [5, 5.41) is 3.05. The number of piperidine rings is 1. The normalized spacial score (nSPS) is 25.2. The minimum absolute atomic E-state index is 0.0182. The van der Waals surface area contributed by atoms with Gasteiger partial charge in [0.15, 0.2) is 0 Å². The first-order chi connectivity index (χ1) is 9.16. The van der Waals surface area contributed by atoms with Crippen LogP contribution < -0.4 is 11.1 Å². The number of amides is 1. The van der Waals surface area contributed by atoms with Crippen LogP contribution in [0.4, 0.5) is 0 Å². The first-order valence-electron chi connectivity index (χ1n) is 7.88. The van der Waals surface area contributed by atoms with Gasteiger partial charge in [0.25, 0.3) is 0 Å². The van der Waals surface area contributed by atoms with Crippen molar-refractivity contribution < 1.29 is 4.79 Å². The SMILES string of the molecule is CC1CCN(C2(CNC(=O)CN)CCCCC2)CC1. The van der Waals surface area contributed by atoms with Gasteiger partial charge in [0, 0.05) is 12.1 Å². The van der Waals surface area contributed by atoms with Crippen molar-refractivity contribution in [1.82, 2.24) is 10.2 Å². The molecule has 4 heteroatoms. The molecule has 0 aromatic heterocycles. The van der Waals surface area contributed by atoms with Crippen LogP contribution in [0, 0.1) is 5.92 Å². The van der Waals surface area contributed by atoms with Gasteiger partial charge in [-0.2, -0.15) is 0 Å². The van der Waals surface area contributed by atoms with Gasteiger partial charge < -0.3 is 11.1 Å². The molecule has 4 nitrogen and oxygen atoms in total. The Balaban J connectivity index is 1.99. The second-order valence-corrected chi connectivity index (χ2v) is 6.44. The zero-order chi connectivity index (χ0) is 13.7. The lowest BCUT2D eigenvalue weighted by molar-refractivity contribution is -0.120. The molecule has 0 unspecified atom stereocenters. The Labute approximate surface area is 117 Å². The maximum Gasteiger partial charge on any atom is 0.233 e. The zero-order valence-corrected chi connectivity index (χ0v) is 12.3. The summed E-state index contributed by atoms with van der Waals surface area (Å²) in [5.41, 5.74) is 5.61. The lowest BCUT2D eigenvalue weighted by Crippen LogP contribution is -2.59. The average Bonchev–Trinajstić information content (AvgIpc) is 2.46. The number of hydrogen-bond donors (Lipinski definition) is 2. The number of nitrogens with one attached hydrogen (secondary N) is 1. The molecule has 1 heterocycles. The number of hydrogen-bond acceptors (Lipinski definition) is 3. The first-order valence-corrected chi connectivity index (χ1v) is 7.88. The van der Waals surface area contributed by atoms with Crippen LogP contribution >= 0.6 is 0 Å². The predicted octanol–water partition coefficient (Wildman–Crippen LogP) is 1.50. The monoisotopic (exact) mass is 267 g/mol. The molecule has 1 saturated heterocycles. The lowest BCUT2D eigenvalue weighted by Gasteiger charge is -2.49. The molecule has 0 atom stereocenters. The molecule has 0 aromatic rings. The van der Waals surface area contributed by atoms with Gasteiger partial charge in [0.1, 0.15) is 0 Å². The standard InChI is InChI=1S/C15H29N3O/c1-13-5-9-18(10-6-13)15(7-3-2-4-8-15)12-17-14(19)11-16/h13H,2-12,16H2,1H3,(H,17,19). The summed E-state index contributed by atoms with van der Waals surface area (Å²) >= 11 is 0. The maximum absolute atomic E-state index is 11.5.